The normalized spacial score (nSPS) is 14.9. The number of nitrogens with one attached hydrogen (secondary N) is 2. The van der Waals surface area contributed by atoms with Crippen molar-refractivity contribution < 1.29 is 9.53 Å². The summed E-state index contributed by atoms with van der Waals surface area (Å²) in [5, 5.41) is 4.16. The number of para-hydroxylation sites is 1. The summed E-state index contributed by atoms with van der Waals surface area (Å²) >= 11 is 0. The van der Waals surface area contributed by atoms with Crippen LogP contribution >= 0.6 is 0 Å². The Hall–Kier alpha value is -2.79. The third-order valence-electron chi connectivity index (χ3n) is 6.23. The third kappa shape index (κ3) is 4.68. The molecular weight excluding hydrogens is 374 g/mol. The quantitative estimate of drug-likeness (QED) is 0.573. The van der Waals surface area contributed by atoms with Gasteiger partial charge in [-0.3, -0.25) is 9.69 Å². The van der Waals surface area contributed by atoms with E-state index in [0.717, 1.165) is 34.4 Å². The van der Waals surface area contributed by atoms with Crippen molar-refractivity contribution in [3.63, 3.8) is 0 Å². The van der Waals surface area contributed by atoms with Gasteiger partial charge in [0.1, 0.15) is 5.75 Å². The first-order valence-electron chi connectivity index (χ1n) is 10.9. The Morgan fingerprint density at radius 1 is 1.13 bits per heavy atom. The average Bonchev–Trinajstić information content (AvgIpc) is 3.17. The lowest BCUT2D eigenvalue weighted by molar-refractivity contribution is -0.115. The number of aromatic nitrogens is 1. The minimum absolute atomic E-state index is 0.00788. The van der Waals surface area contributed by atoms with Gasteiger partial charge in [0.2, 0.25) is 5.91 Å². The number of carbonyl (C=O) groups excluding carboxylic acids is 1. The molecule has 2 aromatic carbocycles. The molecule has 0 bridgehead atoms. The summed E-state index contributed by atoms with van der Waals surface area (Å²) in [7, 11) is 3.86. The lowest BCUT2D eigenvalue weighted by Crippen LogP contribution is -2.33. The average molecular weight is 406 g/mol. The van der Waals surface area contributed by atoms with E-state index in [2.05, 4.69) is 28.3 Å². The number of amides is 1. The Labute approximate surface area is 178 Å². The largest absolute Gasteiger partial charge is 0.497 e. The monoisotopic (exact) mass is 405 g/mol. The molecule has 1 aromatic heterocycles. The standard InChI is InChI=1S/C25H31N3O2/c1-28(20-9-4-3-5-10-20)17-18-8-6-7-11-23(18)27-25(29)14-19-16-26-24-13-12-21(30-2)15-22(19)24/h6-8,11-13,15-16,20,26H,3-5,9-10,14,17H2,1-2H3,(H,27,29). The number of anilines is 1. The van der Waals surface area contributed by atoms with Crippen LogP contribution in [0.25, 0.3) is 10.9 Å². The molecule has 1 amide bonds. The molecule has 0 atom stereocenters. The van der Waals surface area contributed by atoms with Crippen LogP contribution in [0.3, 0.4) is 0 Å². The highest BCUT2D eigenvalue weighted by molar-refractivity contribution is 5.96. The van der Waals surface area contributed by atoms with Gasteiger partial charge in [0.15, 0.2) is 0 Å². The molecule has 0 unspecified atom stereocenters. The molecule has 0 spiro atoms. The van der Waals surface area contributed by atoms with E-state index in [1.165, 1.54) is 37.7 Å². The fraction of sp³-hybridized carbons (Fsp3) is 0.400. The maximum Gasteiger partial charge on any atom is 0.228 e. The Balaban J connectivity index is 1.45. The van der Waals surface area contributed by atoms with E-state index in [9.17, 15) is 4.79 Å². The van der Waals surface area contributed by atoms with E-state index in [1.807, 2.05) is 42.6 Å². The summed E-state index contributed by atoms with van der Waals surface area (Å²) in [4.78, 5) is 18.5. The zero-order valence-electron chi connectivity index (χ0n) is 17.9. The van der Waals surface area contributed by atoms with Crippen molar-refractivity contribution in [3.05, 3.63) is 59.8 Å². The lowest BCUT2D eigenvalue weighted by atomic mass is 9.94. The van der Waals surface area contributed by atoms with Gasteiger partial charge in [-0.2, -0.15) is 0 Å². The number of aromatic amines is 1. The molecule has 4 rings (SSSR count). The number of hydrogen-bond acceptors (Lipinski definition) is 3. The number of fused-ring (bicyclic) bond motifs is 1. The third-order valence-corrected chi connectivity index (χ3v) is 6.23. The van der Waals surface area contributed by atoms with Gasteiger partial charge in [0.25, 0.3) is 0 Å². The van der Waals surface area contributed by atoms with Crippen molar-refractivity contribution in [1.82, 2.24) is 9.88 Å². The van der Waals surface area contributed by atoms with Gasteiger partial charge in [-0.25, -0.2) is 0 Å². The van der Waals surface area contributed by atoms with Crippen LogP contribution in [0.1, 0.15) is 43.2 Å². The Kier molecular flexibility index (Phi) is 6.38. The summed E-state index contributed by atoms with van der Waals surface area (Å²) in [5.41, 5.74) is 4.05. The number of benzene rings is 2. The molecule has 1 saturated carbocycles. The Morgan fingerprint density at radius 2 is 1.93 bits per heavy atom. The first kappa shape index (κ1) is 20.5. The van der Waals surface area contributed by atoms with Crippen LogP contribution in [0.4, 0.5) is 5.69 Å². The van der Waals surface area contributed by atoms with E-state index in [0.29, 0.717) is 12.5 Å². The van der Waals surface area contributed by atoms with Crippen LogP contribution in [0.5, 0.6) is 5.75 Å². The molecule has 0 radical (unpaired) electrons. The van der Waals surface area contributed by atoms with Crippen LogP contribution in [0, 0.1) is 0 Å². The van der Waals surface area contributed by atoms with Crippen molar-refractivity contribution in [2.75, 3.05) is 19.5 Å². The van der Waals surface area contributed by atoms with Crippen LogP contribution in [0.2, 0.25) is 0 Å². The zero-order valence-corrected chi connectivity index (χ0v) is 17.9. The van der Waals surface area contributed by atoms with Gasteiger partial charge in [-0.05, 0) is 55.3 Å². The maximum atomic E-state index is 12.8. The molecule has 0 saturated heterocycles. The maximum absolute atomic E-state index is 12.8. The second kappa shape index (κ2) is 9.35. The number of hydrogen-bond donors (Lipinski definition) is 2. The van der Waals surface area contributed by atoms with Crippen molar-refractivity contribution in [3.8, 4) is 5.75 Å². The molecule has 1 fully saturated rings. The molecule has 3 aromatic rings. The SMILES string of the molecule is COc1ccc2[nH]cc(CC(=O)Nc3ccccc3CN(C)C3CCCCC3)c2c1. The minimum Gasteiger partial charge on any atom is -0.497 e. The van der Waals surface area contributed by atoms with Crippen molar-refractivity contribution in [2.45, 2.75) is 51.1 Å². The Morgan fingerprint density at radius 3 is 2.73 bits per heavy atom. The van der Waals surface area contributed by atoms with Gasteiger partial charge in [-0.1, -0.05) is 37.5 Å². The minimum atomic E-state index is -0.00788. The number of methoxy groups -OCH3 is 1. The molecule has 158 valence electrons. The zero-order chi connectivity index (χ0) is 20.9. The summed E-state index contributed by atoms with van der Waals surface area (Å²) in [5.74, 6) is 0.784. The van der Waals surface area contributed by atoms with Crippen molar-refractivity contribution in [1.29, 1.82) is 0 Å². The molecular formula is C25H31N3O2. The van der Waals surface area contributed by atoms with Gasteiger partial charge in [-0.15, -0.1) is 0 Å². The van der Waals surface area contributed by atoms with E-state index < -0.39 is 0 Å². The summed E-state index contributed by atoms with van der Waals surface area (Å²) in [6, 6.07) is 14.7. The van der Waals surface area contributed by atoms with Crippen LogP contribution < -0.4 is 10.1 Å². The van der Waals surface area contributed by atoms with E-state index >= 15 is 0 Å². The number of carbonyl (C=O) groups is 1. The number of nitrogens with zero attached hydrogens (tertiary/aromatic N) is 1. The van der Waals surface area contributed by atoms with Crippen LogP contribution in [-0.2, 0) is 17.8 Å². The first-order valence-corrected chi connectivity index (χ1v) is 10.9. The molecule has 5 nitrogen and oxygen atoms in total. The highest BCUT2D eigenvalue weighted by atomic mass is 16.5. The fourth-order valence-corrected chi connectivity index (χ4v) is 4.50. The number of H-pyrrole nitrogens is 1. The fourth-order valence-electron chi connectivity index (χ4n) is 4.50. The molecule has 2 N–H and O–H groups in total. The van der Waals surface area contributed by atoms with Gasteiger partial charge in [0.05, 0.1) is 13.5 Å². The second-order valence-electron chi connectivity index (χ2n) is 8.31. The van der Waals surface area contributed by atoms with Gasteiger partial charge < -0.3 is 15.0 Å². The second-order valence-corrected chi connectivity index (χ2v) is 8.31. The lowest BCUT2D eigenvalue weighted by Gasteiger charge is -2.31. The molecule has 0 aliphatic heterocycles. The molecule has 1 aliphatic carbocycles. The van der Waals surface area contributed by atoms with E-state index in [-0.39, 0.29) is 5.91 Å². The molecule has 1 heterocycles. The topological polar surface area (TPSA) is 57.4 Å². The van der Waals surface area contributed by atoms with Gasteiger partial charge in [0, 0.05) is 35.4 Å². The van der Waals surface area contributed by atoms with Gasteiger partial charge >= 0.3 is 0 Å². The highest BCUT2D eigenvalue weighted by Gasteiger charge is 2.19. The first-order chi connectivity index (χ1) is 14.6. The number of ether oxygens (including phenoxy) is 1. The molecule has 1 aliphatic rings. The summed E-state index contributed by atoms with van der Waals surface area (Å²) in [6.07, 6.45) is 8.78. The van der Waals surface area contributed by atoms with E-state index in [4.69, 9.17) is 4.74 Å². The Bertz CT molecular complexity index is 1000. The predicted octanol–water partition coefficient (Wildman–Crippen LogP) is 5.12. The number of rotatable bonds is 7. The van der Waals surface area contributed by atoms with E-state index in [1.54, 1.807) is 7.11 Å². The van der Waals surface area contributed by atoms with Crippen LogP contribution in [-0.4, -0.2) is 36.0 Å². The smallest absolute Gasteiger partial charge is 0.228 e. The summed E-state index contributed by atoms with van der Waals surface area (Å²) < 4.78 is 5.33. The highest BCUT2D eigenvalue weighted by Crippen LogP contribution is 2.26. The molecule has 5 heteroatoms. The summed E-state index contributed by atoms with van der Waals surface area (Å²) in [6.45, 7) is 0.853. The van der Waals surface area contributed by atoms with Crippen molar-refractivity contribution >= 4 is 22.5 Å². The van der Waals surface area contributed by atoms with Crippen molar-refractivity contribution in [2.24, 2.45) is 0 Å². The molecule has 30 heavy (non-hydrogen) atoms. The predicted molar refractivity (Wildman–Crippen MR) is 122 cm³/mol. The van der Waals surface area contributed by atoms with Crippen LogP contribution in [0.15, 0.2) is 48.7 Å².